The molecule has 22 heavy (non-hydrogen) atoms. The van der Waals surface area contributed by atoms with E-state index in [9.17, 15) is 5.11 Å². The molecule has 6 heteroatoms. The summed E-state index contributed by atoms with van der Waals surface area (Å²) >= 11 is 11.9. The molecular weight excluding hydrogens is 321 g/mol. The number of rotatable bonds is 6. The molecule has 1 atom stereocenters. The molecule has 0 aliphatic rings. The van der Waals surface area contributed by atoms with Crippen LogP contribution in [0.4, 0.5) is 11.4 Å². The summed E-state index contributed by atoms with van der Waals surface area (Å²) in [7, 11) is 0. The number of halogens is 2. The Bertz CT molecular complexity index is 626. The van der Waals surface area contributed by atoms with E-state index < -0.39 is 6.10 Å². The summed E-state index contributed by atoms with van der Waals surface area (Å²) in [5.41, 5.74) is 14.4. The number of benzene rings is 2. The molecule has 4 nitrogen and oxygen atoms in total. The maximum absolute atomic E-state index is 10.2. The van der Waals surface area contributed by atoms with Crippen LogP contribution in [0, 0.1) is 0 Å². The molecule has 0 aromatic heterocycles. The standard InChI is InChI=1S/C16H19Cl2N3O/c17-12-7-11(8-13(18)16(12)20)15(22)9-21-6-5-10-3-1-2-4-14(10)19/h1-4,7-8,15,21-22H,5-6,9,19-20H2. The lowest BCUT2D eigenvalue weighted by atomic mass is 10.1. The van der Waals surface area contributed by atoms with E-state index in [1.165, 1.54) is 0 Å². The van der Waals surface area contributed by atoms with E-state index in [-0.39, 0.29) is 0 Å². The molecule has 0 heterocycles. The van der Waals surface area contributed by atoms with E-state index in [1.54, 1.807) is 12.1 Å². The maximum Gasteiger partial charge on any atom is 0.0915 e. The number of nitrogen functional groups attached to an aromatic ring is 2. The van der Waals surface area contributed by atoms with Crippen molar-refractivity contribution >= 4 is 34.6 Å². The van der Waals surface area contributed by atoms with Crippen LogP contribution in [0.3, 0.4) is 0 Å². The lowest BCUT2D eigenvalue weighted by Crippen LogP contribution is -2.24. The molecule has 2 aromatic carbocycles. The summed E-state index contributed by atoms with van der Waals surface area (Å²) in [5, 5.41) is 14.0. The SMILES string of the molecule is Nc1ccccc1CCNCC(O)c1cc(Cl)c(N)c(Cl)c1. The van der Waals surface area contributed by atoms with E-state index in [2.05, 4.69) is 5.32 Å². The van der Waals surface area contributed by atoms with Crippen LogP contribution in [0.25, 0.3) is 0 Å². The van der Waals surface area contributed by atoms with Crippen molar-refractivity contribution in [1.29, 1.82) is 0 Å². The van der Waals surface area contributed by atoms with Crippen LogP contribution in [0.15, 0.2) is 36.4 Å². The minimum Gasteiger partial charge on any atom is -0.399 e. The molecule has 2 aromatic rings. The van der Waals surface area contributed by atoms with Gasteiger partial charge in [0.15, 0.2) is 0 Å². The number of nitrogens with one attached hydrogen (secondary N) is 1. The molecule has 0 saturated carbocycles. The first-order chi connectivity index (χ1) is 10.5. The molecule has 0 bridgehead atoms. The van der Waals surface area contributed by atoms with E-state index in [4.69, 9.17) is 34.7 Å². The normalized spacial score (nSPS) is 12.3. The lowest BCUT2D eigenvalue weighted by Gasteiger charge is -2.14. The van der Waals surface area contributed by atoms with Crippen molar-refractivity contribution in [3.8, 4) is 0 Å². The molecule has 0 aliphatic carbocycles. The van der Waals surface area contributed by atoms with Gasteiger partial charge < -0.3 is 21.9 Å². The number of hydrogen-bond acceptors (Lipinski definition) is 4. The van der Waals surface area contributed by atoms with Gasteiger partial charge in [0.05, 0.1) is 21.8 Å². The molecule has 0 fully saturated rings. The minimum atomic E-state index is -0.705. The molecule has 0 spiro atoms. The molecule has 0 saturated heterocycles. The third-order valence-electron chi connectivity index (χ3n) is 3.45. The van der Waals surface area contributed by atoms with Gasteiger partial charge in [-0.15, -0.1) is 0 Å². The predicted octanol–water partition coefficient (Wildman–Crippen LogP) is 3.02. The monoisotopic (exact) mass is 339 g/mol. The zero-order chi connectivity index (χ0) is 16.1. The highest BCUT2D eigenvalue weighted by Gasteiger charge is 2.12. The first kappa shape index (κ1) is 16.9. The Hall–Kier alpha value is -1.46. The number of anilines is 2. The van der Waals surface area contributed by atoms with Crippen LogP contribution < -0.4 is 16.8 Å². The fourth-order valence-electron chi connectivity index (χ4n) is 2.14. The van der Waals surface area contributed by atoms with Gasteiger partial charge in [-0.25, -0.2) is 0 Å². The number of nitrogens with two attached hydrogens (primary N) is 2. The summed E-state index contributed by atoms with van der Waals surface area (Å²) in [5.74, 6) is 0. The number of para-hydroxylation sites is 1. The Kier molecular flexibility index (Phi) is 5.91. The van der Waals surface area contributed by atoms with Crippen molar-refractivity contribution in [2.45, 2.75) is 12.5 Å². The van der Waals surface area contributed by atoms with Crippen LogP contribution in [-0.2, 0) is 6.42 Å². The Morgan fingerprint density at radius 3 is 2.36 bits per heavy atom. The highest BCUT2D eigenvalue weighted by Crippen LogP contribution is 2.31. The smallest absolute Gasteiger partial charge is 0.0915 e. The summed E-state index contributed by atoms with van der Waals surface area (Å²) in [6.07, 6.45) is 0.0894. The fraction of sp³-hybridized carbons (Fsp3) is 0.250. The molecule has 0 radical (unpaired) electrons. The Morgan fingerprint density at radius 2 is 1.73 bits per heavy atom. The average molecular weight is 340 g/mol. The maximum atomic E-state index is 10.2. The lowest BCUT2D eigenvalue weighted by molar-refractivity contribution is 0.175. The van der Waals surface area contributed by atoms with Gasteiger partial charge in [0.1, 0.15) is 0 Å². The van der Waals surface area contributed by atoms with Gasteiger partial charge in [0, 0.05) is 12.2 Å². The van der Waals surface area contributed by atoms with Gasteiger partial charge in [-0.3, -0.25) is 0 Å². The van der Waals surface area contributed by atoms with E-state index in [0.717, 1.165) is 17.7 Å². The fourth-order valence-corrected chi connectivity index (χ4v) is 2.64. The van der Waals surface area contributed by atoms with Crippen molar-refractivity contribution < 1.29 is 5.11 Å². The van der Waals surface area contributed by atoms with Crippen molar-refractivity contribution in [2.24, 2.45) is 0 Å². The molecule has 118 valence electrons. The number of aliphatic hydroxyl groups is 1. The minimum absolute atomic E-state index is 0.326. The van der Waals surface area contributed by atoms with Gasteiger partial charge in [0.2, 0.25) is 0 Å². The topological polar surface area (TPSA) is 84.3 Å². The molecule has 6 N–H and O–H groups in total. The number of hydrogen-bond donors (Lipinski definition) is 4. The zero-order valence-electron chi connectivity index (χ0n) is 12.0. The van der Waals surface area contributed by atoms with E-state index >= 15 is 0 Å². The van der Waals surface area contributed by atoms with Gasteiger partial charge in [-0.2, -0.15) is 0 Å². The highest BCUT2D eigenvalue weighted by atomic mass is 35.5. The quantitative estimate of drug-likeness (QED) is 0.481. The summed E-state index contributed by atoms with van der Waals surface area (Å²) in [6.45, 7) is 1.10. The van der Waals surface area contributed by atoms with Crippen LogP contribution in [0.1, 0.15) is 17.2 Å². The Morgan fingerprint density at radius 1 is 1.09 bits per heavy atom. The van der Waals surface area contributed by atoms with Crippen molar-refractivity contribution in [3.63, 3.8) is 0 Å². The summed E-state index contributed by atoms with van der Waals surface area (Å²) < 4.78 is 0. The third-order valence-corrected chi connectivity index (χ3v) is 4.08. The van der Waals surface area contributed by atoms with Crippen LogP contribution in [0.2, 0.25) is 10.0 Å². The predicted molar refractivity (Wildman–Crippen MR) is 93.3 cm³/mol. The molecule has 2 rings (SSSR count). The van der Waals surface area contributed by atoms with Crippen LogP contribution >= 0.6 is 23.2 Å². The van der Waals surface area contributed by atoms with Crippen LogP contribution in [0.5, 0.6) is 0 Å². The summed E-state index contributed by atoms with van der Waals surface area (Å²) in [6, 6.07) is 11.0. The van der Waals surface area contributed by atoms with E-state index in [1.807, 2.05) is 24.3 Å². The van der Waals surface area contributed by atoms with Gasteiger partial charge in [-0.1, -0.05) is 41.4 Å². The Labute approximate surface area is 140 Å². The van der Waals surface area contributed by atoms with Crippen LogP contribution in [-0.4, -0.2) is 18.2 Å². The van der Waals surface area contributed by atoms with Crippen molar-refractivity contribution in [2.75, 3.05) is 24.6 Å². The molecular formula is C16H19Cl2N3O. The average Bonchev–Trinajstić information content (AvgIpc) is 2.50. The highest BCUT2D eigenvalue weighted by molar-refractivity contribution is 6.38. The van der Waals surface area contributed by atoms with E-state index in [0.29, 0.717) is 34.4 Å². The molecule has 0 amide bonds. The van der Waals surface area contributed by atoms with Gasteiger partial charge in [-0.05, 0) is 42.3 Å². The molecule has 0 aliphatic heterocycles. The van der Waals surface area contributed by atoms with Gasteiger partial charge in [0.25, 0.3) is 0 Å². The first-order valence-corrected chi connectivity index (χ1v) is 7.71. The van der Waals surface area contributed by atoms with Crippen molar-refractivity contribution in [3.05, 3.63) is 57.6 Å². The summed E-state index contributed by atoms with van der Waals surface area (Å²) in [4.78, 5) is 0. The first-order valence-electron chi connectivity index (χ1n) is 6.95. The second kappa shape index (κ2) is 7.70. The zero-order valence-corrected chi connectivity index (χ0v) is 13.5. The third kappa shape index (κ3) is 4.27. The Balaban J connectivity index is 1.86. The van der Waals surface area contributed by atoms with Crippen molar-refractivity contribution in [1.82, 2.24) is 5.32 Å². The second-order valence-corrected chi connectivity index (χ2v) is 5.88. The second-order valence-electron chi connectivity index (χ2n) is 5.07. The van der Waals surface area contributed by atoms with Gasteiger partial charge >= 0.3 is 0 Å². The molecule has 1 unspecified atom stereocenters. The number of aliphatic hydroxyl groups excluding tert-OH is 1. The largest absolute Gasteiger partial charge is 0.399 e.